The van der Waals surface area contributed by atoms with E-state index in [9.17, 15) is 22.8 Å². The van der Waals surface area contributed by atoms with Gasteiger partial charge in [-0.15, -0.1) is 0 Å². The fourth-order valence-electron chi connectivity index (χ4n) is 1.92. The SMILES string of the molecule is Cn1cc(-c2cnc(OCC(F)(F)F)c(N)c2)cc(C(=O)O)c1=O. The highest BCUT2D eigenvalue weighted by molar-refractivity contribution is 5.89. The van der Waals surface area contributed by atoms with Crippen LogP contribution in [0.3, 0.4) is 0 Å². The predicted molar refractivity (Wildman–Crippen MR) is 77.8 cm³/mol. The first-order valence-electron chi connectivity index (χ1n) is 6.48. The summed E-state index contributed by atoms with van der Waals surface area (Å²) in [6.45, 7) is -1.54. The van der Waals surface area contributed by atoms with Gasteiger partial charge >= 0.3 is 12.1 Å². The molecular weight excluding hydrogens is 331 g/mol. The monoisotopic (exact) mass is 343 g/mol. The second-order valence-corrected chi connectivity index (χ2v) is 4.89. The first-order chi connectivity index (χ1) is 11.1. The quantitative estimate of drug-likeness (QED) is 0.874. The lowest BCUT2D eigenvalue weighted by Gasteiger charge is -2.12. The molecule has 7 nitrogen and oxygen atoms in total. The zero-order chi connectivity index (χ0) is 18.1. The van der Waals surface area contributed by atoms with E-state index >= 15 is 0 Å². The minimum atomic E-state index is -4.53. The van der Waals surface area contributed by atoms with Crippen LogP contribution >= 0.6 is 0 Å². The molecule has 0 aromatic carbocycles. The van der Waals surface area contributed by atoms with Crippen LogP contribution < -0.4 is 16.0 Å². The molecule has 0 amide bonds. The summed E-state index contributed by atoms with van der Waals surface area (Å²) in [4.78, 5) is 26.5. The molecule has 0 spiro atoms. The summed E-state index contributed by atoms with van der Waals surface area (Å²) in [6, 6.07) is 2.42. The second kappa shape index (κ2) is 6.22. The summed E-state index contributed by atoms with van der Waals surface area (Å²) in [5.74, 6) is -1.79. The molecule has 0 atom stereocenters. The summed E-state index contributed by atoms with van der Waals surface area (Å²) in [7, 11) is 1.37. The van der Waals surface area contributed by atoms with E-state index in [0.29, 0.717) is 11.1 Å². The van der Waals surface area contributed by atoms with Gasteiger partial charge in [0.1, 0.15) is 5.56 Å². The van der Waals surface area contributed by atoms with E-state index in [2.05, 4.69) is 9.72 Å². The predicted octanol–water partition coefficient (Wildman–Crippen LogP) is 1.67. The highest BCUT2D eigenvalue weighted by atomic mass is 19.4. The van der Waals surface area contributed by atoms with E-state index in [4.69, 9.17) is 10.8 Å². The minimum absolute atomic E-state index is 0.150. The van der Waals surface area contributed by atoms with Crippen molar-refractivity contribution in [3.8, 4) is 17.0 Å². The average molecular weight is 343 g/mol. The number of anilines is 1. The van der Waals surface area contributed by atoms with Gasteiger partial charge < -0.3 is 20.1 Å². The number of hydrogen-bond acceptors (Lipinski definition) is 5. The number of carboxylic acid groups (broad SMARTS) is 1. The van der Waals surface area contributed by atoms with E-state index in [-0.39, 0.29) is 11.6 Å². The lowest BCUT2D eigenvalue weighted by Crippen LogP contribution is -2.23. The van der Waals surface area contributed by atoms with Gasteiger partial charge in [-0.25, -0.2) is 9.78 Å². The Labute approximate surface area is 133 Å². The first-order valence-corrected chi connectivity index (χ1v) is 6.48. The molecule has 0 saturated heterocycles. The molecule has 24 heavy (non-hydrogen) atoms. The standard InChI is InChI=1S/C14H12F3N3O4/c1-20-5-8(2-9(12(20)21)13(22)23)7-3-10(18)11(19-4-7)24-6-14(15,16)17/h2-5H,6,18H2,1H3,(H,22,23). The fourth-order valence-corrected chi connectivity index (χ4v) is 1.92. The Bertz CT molecular complexity index is 846. The maximum atomic E-state index is 12.1. The molecule has 2 aromatic rings. The molecule has 128 valence electrons. The molecule has 0 bridgehead atoms. The summed E-state index contributed by atoms with van der Waals surface area (Å²) < 4.78 is 42.0. The van der Waals surface area contributed by atoms with Crippen LogP contribution in [0.1, 0.15) is 10.4 Å². The van der Waals surface area contributed by atoms with Gasteiger partial charge in [0.2, 0.25) is 5.88 Å². The first kappa shape index (κ1) is 17.3. The number of carbonyl (C=O) groups is 1. The van der Waals surface area contributed by atoms with E-state index in [1.807, 2.05) is 0 Å². The number of halogens is 3. The van der Waals surface area contributed by atoms with Crippen LogP contribution in [0.5, 0.6) is 5.88 Å². The third-order valence-corrected chi connectivity index (χ3v) is 3.00. The van der Waals surface area contributed by atoms with Crippen LogP contribution in [0.15, 0.2) is 29.3 Å². The molecule has 2 rings (SSSR count). The van der Waals surface area contributed by atoms with E-state index in [1.54, 1.807) is 0 Å². The molecular formula is C14H12F3N3O4. The van der Waals surface area contributed by atoms with Crippen LogP contribution in [-0.2, 0) is 7.05 Å². The van der Waals surface area contributed by atoms with Crippen LogP contribution in [0.2, 0.25) is 0 Å². The number of aryl methyl sites for hydroxylation is 1. The Morgan fingerprint density at radius 2 is 2.04 bits per heavy atom. The molecule has 2 aromatic heterocycles. The minimum Gasteiger partial charge on any atom is -0.477 e. The van der Waals surface area contributed by atoms with Gasteiger partial charge in [-0.05, 0) is 12.1 Å². The molecule has 3 N–H and O–H groups in total. The van der Waals surface area contributed by atoms with Crippen molar-refractivity contribution in [2.45, 2.75) is 6.18 Å². The summed E-state index contributed by atoms with van der Waals surface area (Å²) in [5.41, 5.74) is 4.95. The molecule has 0 fully saturated rings. The Balaban J connectivity index is 2.39. The van der Waals surface area contributed by atoms with Crippen molar-refractivity contribution < 1.29 is 27.8 Å². The number of nitrogen functional groups attached to an aromatic ring is 1. The Hall–Kier alpha value is -3.04. The van der Waals surface area contributed by atoms with Gasteiger partial charge in [-0.3, -0.25) is 4.79 Å². The largest absolute Gasteiger partial charge is 0.477 e. The average Bonchev–Trinajstić information content (AvgIpc) is 2.47. The van der Waals surface area contributed by atoms with Gasteiger partial charge in [0.25, 0.3) is 5.56 Å². The number of nitrogens with two attached hydrogens (primary N) is 1. The number of nitrogens with zero attached hydrogens (tertiary/aromatic N) is 2. The lowest BCUT2D eigenvalue weighted by atomic mass is 10.1. The second-order valence-electron chi connectivity index (χ2n) is 4.89. The molecule has 10 heteroatoms. The molecule has 2 heterocycles. The molecule has 0 aliphatic heterocycles. The Morgan fingerprint density at radius 1 is 1.38 bits per heavy atom. The van der Waals surface area contributed by atoms with Crippen LogP contribution in [0.25, 0.3) is 11.1 Å². The Morgan fingerprint density at radius 3 is 2.58 bits per heavy atom. The number of carboxylic acids is 1. The number of alkyl halides is 3. The summed E-state index contributed by atoms with van der Waals surface area (Å²) in [5, 5.41) is 9.03. The smallest absolute Gasteiger partial charge is 0.422 e. The maximum Gasteiger partial charge on any atom is 0.422 e. The van der Waals surface area contributed by atoms with Crippen molar-refractivity contribution in [1.29, 1.82) is 0 Å². The fraction of sp³-hybridized carbons (Fsp3) is 0.214. The highest BCUT2D eigenvalue weighted by Crippen LogP contribution is 2.27. The van der Waals surface area contributed by atoms with Gasteiger partial charge in [0, 0.05) is 30.6 Å². The summed E-state index contributed by atoms with van der Waals surface area (Å²) in [6.07, 6.45) is -1.99. The molecule has 0 aliphatic carbocycles. The van der Waals surface area contributed by atoms with E-state index < -0.39 is 29.9 Å². The van der Waals surface area contributed by atoms with Crippen molar-refractivity contribution in [1.82, 2.24) is 9.55 Å². The van der Waals surface area contributed by atoms with E-state index in [0.717, 1.165) is 10.6 Å². The summed E-state index contributed by atoms with van der Waals surface area (Å²) >= 11 is 0. The number of aromatic nitrogens is 2. The van der Waals surface area contributed by atoms with Gasteiger partial charge in [0.05, 0.1) is 5.69 Å². The van der Waals surface area contributed by atoms with Crippen molar-refractivity contribution in [3.05, 3.63) is 40.4 Å². The zero-order valence-corrected chi connectivity index (χ0v) is 12.3. The number of ether oxygens (including phenoxy) is 1. The van der Waals surface area contributed by atoms with Crippen LogP contribution in [0.4, 0.5) is 18.9 Å². The number of hydrogen-bond donors (Lipinski definition) is 2. The molecule has 0 radical (unpaired) electrons. The van der Waals surface area contributed by atoms with Gasteiger partial charge in [-0.2, -0.15) is 13.2 Å². The van der Waals surface area contributed by atoms with Crippen LogP contribution in [-0.4, -0.2) is 33.4 Å². The van der Waals surface area contributed by atoms with Crippen molar-refractivity contribution in [3.63, 3.8) is 0 Å². The number of rotatable bonds is 4. The third kappa shape index (κ3) is 3.83. The topological polar surface area (TPSA) is 107 Å². The van der Waals surface area contributed by atoms with Gasteiger partial charge in [-0.1, -0.05) is 0 Å². The lowest BCUT2D eigenvalue weighted by molar-refractivity contribution is -0.153. The van der Waals surface area contributed by atoms with E-state index in [1.165, 1.54) is 25.5 Å². The zero-order valence-electron chi connectivity index (χ0n) is 12.3. The van der Waals surface area contributed by atoms with Crippen molar-refractivity contribution >= 4 is 11.7 Å². The number of pyridine rings is 2. The molecule has 0 aliphatic rings. The normalized spacial score (nSPS) is 11.3. The third-order valence-electron chi connectivity index (χ3n) is 3.00. The highest BCUT2D eigenvalue weighted by Gasteiger charge is 2.29. The Kier molecular flexibility index (Phi) is 4.49. The number of aromatic carboxylic acids is 1. The van der Waals surface area contributed by atoms with Gasteiger partial charge in [0.15, 0.2) is 6.61 Å². The van der Waals surface area contributed by atoms with Crippen molar-refractivity contribution in [2.24, 2.45) is 7.05 Å². The van der Waals surface area contributed by atoms with Crippen LogP contribution in [0, 0.1) is 0 Å². The molecule has 0 unspecified atom stereocenters. The maximum absolute atomic E-state index is 12.1. The van der Waals surface area contributed by atoms with Crippen molar-refractivity contribution in [2.75, 3.05) is 12.3 Å². The molecule has 0 saturated carbocycles.